The number of hydrogen-bond acceptors (Lipinski definition) is 2. The maximum absolute atomic E-state index is 12.7. The van der Waals surface area contributed by atoms with Gasteiger partial charge in [-0.05, 0) is 58.4 Å². The maximum atomic E-state index is 12.7. The van der Waals surface area contributed by atoms with E-state index in [1.54, 1.807) is 0 Å². The lowest BCUT2D eigenvalue weighted by atomic mass is 10.3. The molecule has 2 aromatic rings. The van der Waals surface area contributed by atoms with Crippen molar-refractivity contribution >= 4 is 43.2 Å². The first-order valence-electron chi connectivity index (χ1n) is 5.12. The predicted octanol–water partition coefficient (Wildman–Crippen LogP) is 4.04. The maximum Gasteiger partial charge on any atom is 0.261 e. The average Bonchev–Trinajstić information content (AvgIpc) is 2.35. The van der Waals surface area contributed by atoms with Crippen LogP contribution in [0.5, 0.6) is 0 Å². The summed E-state index contributed by atoms with van der Waals surface area (Å²) < 4.78 is 39.7. The number of nitrogens with one attached hydrogen (secondary N) is 1. The monoisotopic (exact) mass is 363 g/mol. The summed E-state index contributed by atoms with van der Waals surface area (Å²) in [4.78, 5) is 0.0631. The van der Waals surface area contributed by atoms with Crippen molar-refractivity contribution < 1.29 is 12.8 Å². The molecule has 0 spiro atoms. The van der Waals surface area contributed by atoms with Crippen LogP contribution in [0.2, 0.25) is 5.02 Å². The Hall–Kier alpha value is -1.11. The summed E-state index contributed by atoms with van der Waals surface area (Å²) in [6.45, 7) is 0. The average molecular weight is 365 g/mol. The summed E-state index contributed by atoms with van der Waals surface area (Å²) in [5.74, 6) is -0.433. The van der Waals surface area contributed by atoms with Crippen LogP contribution in [0.1, 0.15) is 0 Å². The first-order valence-corrected chi connectivity index (χ1v) is 7.77. The fourth-order valence-electron chi connectivity index (χ4n) is 1.38. The van der Waals surface area contributed by atoms with Crippen molar-refractivity contribution in [3.8, 4) is 0 Å². The van der Waals surface area contributed by atoms with E-state index in [2.05, 4.69) is 20.7 Å². The molecule has 0 saturated carbocycles. The molecule has 19 heavy (non-hydrogen) atoms. The molecule has 0 bridgehead atoms. The van der Waals surface area contributed by atoms with Crippen molar-refractivity contribution in [2.75, 3.05) is 4.72 Å². The Bertz CT molecular complexity index is 704. The molecule has 0 aliphatic rings. The second kappa shape index (κ2) is 5.48. The minimum atomic E-state index is -3.73. The van der Waals surface area contributed by atoms with E-state index in [9.17, 15) is 12.8 Å². The Labute approximate surface area is 123 Å². The van der Waals surface area contributed by atoms with E-state index >= 15 is 0 Å². The van der Waals surface area contributed by atoms with Crippen molar-refractivity contribution in [3.63, 3.8) is 0 Å². The second-order valence-corrected chi connectivity index (χ2v) is 6.63. The lowest BCUT2D eigenvalue weighted by Gasteiger charge is -2.08. The van der Waals surface area contributed by atoms with Crippen molar-refractivity contribution in [1.82, 2.24) is 0 Å². The van der Waals surface area contributed by atoms with Gasteiger partial charge in [0.2, 0.25) is 0 Å². The van der Waals surface area contributed by atoms with Gasteiger partial charge in [-0.1, -0.05) is 11.6 Å². The lowest BCUT2D eigenvalue weighted by molar-refractivity contribution is 0.601. The molecule has 100 valence electrons. The van der Waals surface area contributed by atoms with Gasteiger partial charge < -0.3 is 0 Å². The third-order valence-corrected chi connectivity index (χ3v) is 4.89. The summed E-state index contributed by atoms with van der Waals surface area (Å²) in [7, 11) is -3.73. The zero-order valence-electron chi connectivity index (χ0n) is 9.40. The molecular weight excluding hydrogens is 357 g/mol. The summed E-state index contributed by atoms with van der Waals surface area (Å²) in [5, 5.41) is 0.417. The van der Waals surface area contributed by atoms with Crippen LogP contribution in [0, 0.1) is 5.82 Å². The van der Waals surface area contributed by atoms with Gasteiger partial charge in [0.15, 0.2) is 0 Å². The number of hydrogen-bond donors (Lipinski definition) is 1. The van der Waals surface area contributed by atoms with E-state index in [1.807, 2.05) is 0 Å². The minimum Gasteiger partial charge on any atom is -0.280 e. The quantitative estimate of drug-likeness (QED) is 0.893. The van der Waals surface area contributed by atoms with Crippen LogP contribution in [0.3, 0.4) is 0 Å². The first-order chi connectivity index (χ1) is 8.88. The van der Waals surface area contributed by atoms with Gasteiger partial charge in [-0.2, -0.15) is 0 Å². The van der Waals surface area contributed by atoms with Crippen molar-refractivity contribution in [1.29, 1.82) is 0 Å². The van der Waals surface area contributed by atoms with E-state index in [0.29, 0.717) is 9.50 Å². The molecule has 0 aliphatic carbocycles. The van der Waals surface area contributed by atoms with Gasteiger partial charge in [-0.15, -0.1) is 0 Å². The third kappa shape index (κ3) is 3.46. The predicted molar refractivity (Wildman–Crippen MR) is 76.4 cm³/mol. The van der Waals surface area contributed by atoms with Crippen molar-refractivity contribution in [2.45, 2.75) is 4.90 Å². The molecule has 0 unspecified atom stereocenters. The van der Waals surface area contributed by atoms with Crippen LogP contribution in [0.25, 0.3) is 0 Å². The minimum absolute atomic E-state index is 0.0631. The van der Waals surface area contributed by atoms with Gasteiger partial charge >= 0.3 is 0 Å². The van der Waals surface area contributed by atoms with E-state index in [1.165, 1.54) is 42.5 Å². The van der Waals surface area contributed by atoms with Gasteiger partial charge in [0.05, 0.1) is 9.92 Å². The molecule has 0 saturated heterocycles. The van der Waals surface area contributed by atoms with Gasteiger partial charge in [0.1, 0.15) is 5.82 Å². The van der Waals surface area contributed by atoms with Gasteiger partial charge in [-0.25, -0.2) is 12.8 Å². The second-order valence-electron chi connectivity index (χ2n) is 3.69. The largest absolute Gasteiger partial charge is 0.280 e. The molecule has 7 heteroatoms. The Morgan fingerprint density at radius 1 is 1.11 bits per heavy atom. The molecule has 0 amide bonds. The number of benzene rings is 2. The third-order valence-electron chi connectivity index (χ3n) is 2.30. The van der Waals surface area contributed by atoms with Gasteiger partial charge in [0, 0.05) is 10.2 Å². The number of anilines is 1. The molecule has 0 fully saturated rings. The zero-order valence-corrected chi connectivity index (χ0v) is 12.6. The van der Waals surface area contributed by atoms with Crippen LogP contribution in [-0.2, 0) is 10.0 Å². The molecule has 1 N–H and O–H groups in total. The SMILES string of the molecule is O=S(=O)(Nc1ccc(F)cc1)c1ccc(Cl)c(Br)c1. The molecule has 2 rings (SSSR count). The van der Waals surface area contributed by atoms with Crippen LogP contribution in [-0.4, -0.2) is 8.42 Å². The van der Waals surface area contributed by atoms with E-state index in [-0.39, 0.29) is 10.6 Å². The van der Waals surface area contributed by atoms with E-state index < -0.39 is 15.8 Å². The Balaban J connectivity index is 2.32. The molecule has 3 nitrogen and oxygen atoms in total. The zero-order chi connectivity index (χ0) is 14.0. The highest BCUT2D eigenvalue weighted by molar-refractivity contribution is 9.10. The number of sulfonamides is 1. The van der Waals surface area contributed by atoms with Gasteiger partial charge in [-0.3, -0.25) is 4.72 Å². The fraction of sp³-hybridized carbons (Fsp3) is 0. The van der Waals surface area contributed by atoms with Crippen LogP contribution in [0.4, 0.5) is 10.1 Å². The number of rotatable bonds is 3. The fourth-order valence-corrected chi connectivity index (χ4v) is 3.11. The molecule has 2 aromatic carbocycles. The molecule has 0 heterocycles. The highest BCUT2D eigenvalue weighted by atomic mass is 79.9. The smallest absolute Gasteiger partial charge is 0.261 e. The van der Waals surface area contributed by atoms with Gasteiger partial charge in [0.25, 0.3) is 10.0 Å². The van der Waals surface area contributed by atoms with Crippen molar-refractivity contribution in [3.05, 3.63) is 57.8 Å². The molecular formula is C12H8BrClFNO2S. The molecule has 0 aliphatic heterocycles. The van der Waals surface area contributed by atoms with Crippen LogP contribution in [0.15, 0.2) is 51.8 Å². The molecule has 0 aromatic heterocycles. The summed E-state index contributed by atoms with van der Waals surface area (Å²) >= 11 is 8.96. The van der Waals surface area contributed by atoms with Crippen molar-refractivity contribution in [2.24, 2.45) is 0 Å². The molecule has 0 radical (unpaired) electrons. The summed E-state index contributed by atoms with van der Waals surface area (Å²) in [5.41, 5.74) is 0.285. The first kappa shape index (κ1) is 14.3. The highest BCUT2D eigenvalue weighted by Gasteiger charge is 2.15. The van der Waals surface area contributed by atoms with Crippen LogP contribution >= 0.6 is 27.5 Å². The summed E-state index contributed by atoms with van der Waals surface area (Å²) in [6.07, 6.45) is 0. The van der Waals surface area contributed by atoms with E-state index in [0.717, 1.165) is 0 Å². The Morgan fingerprint density at radius 3 is 2.32 bits per heavy atom. The standard InChI is InChI=1S/C12H8BrClFNO2S/c13-11-7-10(5-6-12(11)14)19(17,18)16-9-3-1-8(15)2-4-9/h1-7,16H. The van der Waals surface area contributed by atoms with E-state index in [4.69, 9.17) is 11.6 Å². The topological polar surface area (TPSA) is 46.2 Å². The Kier molecular flexibility index (Phi) is 4.13. The lowest BCUT2D eigenvalue weighted by Crippen LogP contribution is -2.12. The Morgan fingerprint density at radius 2 is 1.74 bits per heavy atom. The van der Waals surface area contributed by atoms with Crippen LogP contribution < -0.4 is 4.72 Å². The highest BCUT2D eigenvalue weighted by Crippen LogP contribution is 2.26. The normalized spacial score (nSPS) is 11.3. The summed E-state index contributed by atoms with van der Waals surface area (Å²) in [6, 6.07) is 9.30. The number of halogens is 3. The molecule has 0 atom stereocenters.